The molecule has 20 heavy (non-hydrogen) atoms. The van der Waals surface area contributed by atoms with E-state index < -0.39 is 4.92 Å². The first-order valence-corrected chi connectivity index (χ1v) is 6.33. The molecule has 0 unspecified atom stereocenters. The normalized spacial score (nSPS) is 10.3. The number of nitro groups is 1. The van der Waals surface area contributed by atoms with Gasteiger partial charge in [-0.2, -0.15) is 0 Å². The van der Waals surface area contributed by atoms with Gasteiger partial charge < -0.3 is 4.74 Å². The number of rotatable bonds is 4. The smallest absolute Gasteiger partial charge is 0.311 e. The van der Waals surface area contributed by atoms with Gasteiger partial charge in [0.05, 0.1) is 10.5 Å². The van der Waals surface area contributed by atoms with Crippen molar-refractivity contribution >= 4 is 17.3 Å². The number of nitro benzene ring substituents is 1. The molecule has 0 atom stereocenters. The van der Waals surface area contributed by atoms with E-state index in [1.54, 1.807) is 19.1 Å². The van der Waals surface area contributed by atoms with E-state index in [-0.39, 0.29) is 22.5 Å². The summed E-state index contributed by atoms with van der Waals surface area (Å²) in [6.45, 7) is 3.65. The Labute approximate surface area is 120 Å². The lowest BCUT2D eigenvalue weighted by molar-refractivity contribution is -0.385. The van der Waals surface area contributed by atoms with Gasteiger partial charge >= 0.3 is 5.69 Å². The average molecular weight is 294 g/mol. The molecule has 0 spiro atoms. The maximum atomic E-state index is 11.1. The summed E-state index contributed by atoms with van der Waals surface area (Å²) in [6.07, 6.45) is 1.82. The van der Waals surface area contributed by atoms with E-state index in [4.69, 9.17) is 16.3 Å². The summed E-state index contributed by atoms with van der Waals surface area (Å²) < 4.78 is 5.55. The van der Waals surface area contributed by atoms with Crippen molar-refractivity contribution in [2.45, 2.75) is 20.3 Å². The first kappa shape index (κ1) is 14.2. The van der Waals surface area contributed by atoms with Crippen LogP contribution >= 0.6 is 11.6 Å². The van der Waals surface area contributed by atoms with Crippen LogP contribution in [0.25, 0.3) is 0 Å². The molecule has 1 aromatic carbocycles. The van der Waals surface area contributed by atoms with E-state index in [0.717, 1.165) is 5.56 Å². The zero-order valence-electron chi connectivity index (χ0n) is 11.0. The molecule has 0 radical (unpaired) electrons. The molecular formula is C13H12ClN3O3. The Bertz CT molecular complexity index is 661. The molecule has 0 amide bonds. The van der Waals surface area contributed by atoms with Gasteiger partial charge in [-0.3, -0.25) is 10.1 Å². The summed E-state index contributed by atoms with van der Waals surface area (Å²) in [7, 11) is 0. The van der Waals surface area contributed by atoms with E-state index in [9.17, 15) is 10.1 Å². The van der Waals surface area contributed by atoms with Crippen LogP contribution in [0.15, 0.2) is 24.5 Å². The van der Waals surface area contributed by atoms with Gasteiger partial charge in [-0.05, 0) is 25.0 Å². The van der Waals surface area contributed by atoms with E-state index in [1.165, 1.54) is 12.4 Å². The predicted molar refractivity (Wildman–Crippen MR) is 74.3 cm³/mol. The molecule has 2 rings (SSSR count). The number of nitrogens with zero attached hydrogens (tertiary/aromatic N) is 3. The van der Waals surface area contributed by atoms with Crippen LogP contribution in [0.1, 0.15) is 18.1 Å². The van der Waals surface area contributed by atoms with E-state index in [0.29, 0.717) is 12.0 Å². The van der Waals surface area contributed by atoms with Crippen LogP contribution in [0.5, 0.6) is 11.6 Å². The van der Waals surface area contributed by atoms with Gasteiger partial charge in [-0.15, -0.1) is 0 Å². The highest BCUT2D eigenvalue weighted by atomic mass is 35.5. The monoisotopic (exact) mass is 293 g/mol. The third-order valence-corrected chi connectivity index (χ3v) is 3.05. The van der Waals surface area contributed by atoms with E-state index >= 15 is 0 Å². The molecule has 1 aromatic heterocycles. The maximum Gasteiger partial charge on any atom is 0.311 e. The van der Waals surface area contributed by atoms with Crippen molar-refractivity contribution in [1.82, 2.24) is 9.97 Å². The number of benzene rings is 1. The zero-order valence-corrected chi connectivity index (χ0v) is 11.7. The average Bonchev–Trinajstić information content (AvgIpc) is 2.41. The molecule has 0 fully saturated rings. The minimum absolute atomic E-state index is 0.109. The largest absolute Gasteiger partial charge is 0.431 e. The Kier molecular flexibility index (Phi) is 4.14. The van der Waals surface area contributed by atoms with Crippen LogP contribution in [-0.4, -0.2) is 14.9 Å². The van der Waals surface area contributed by atoms with Crippen molar-refractivity contribution in [2.24, 2.45) is 0 Å². The second kappa shape index (κ2) is 5.83. The van der Waals surface area contributed by atoms with Crippen molar-refractivity contribution in [3.8, 4) is 11.6 Å². The molecular weight excluding hydrogens is 282 g/mol. The minimum Gasteiger partial charge on any atom is -0.431 e. The molecule has 1 heterocycles. The van der Waals surface area contributed by atoms with Gasteiger partial charge in [-0.25, -0.2) is 9.97 Å². The van der Waals surface area contributed by atoms with Gasteiger partial charge in [0, 0.05) is 6.07 Å². The van der Waals surface area contributed by atoms with Crippen LogP contribution in [0, 0.1) is 17.0 Å². The molecule has 0 saturated heterocycles. The van der Waals surface area contributed by atoms with Gasteiger partial charge in [-0.1, -0.05) is 24.6 Å². The van der Waals surface area contributed by atoms with Crippen LogP contribution in [0.2, 0.25) is 5.15 Å². The molecule has 0 N–H and O–H groups in total. The van der Waals surface area contributed by atoms with Crippen LogP contribution in [0.3, 0.4) is 0 Å². The van der Waals surface area contributed by atoms with Crippen molar-refractivity contribution in [3.63, 3.8) is 0 Å². The first-order valence-electron chi connectivity index (χ1n) is 5.95. The molecule has 0 saturated carbocycles. The summed E-state index contributed by atoms with van der Waals surface area (Å²) >= 11 is 5.96. The number of ether oxygens (including phenoxy) is 1. The Morgan fingerprint density at radius 3 is 2.80 bits per heavy atom. The Hall–Kier alpha value is -2.21. The quantitative estimate of drug-likeness (QED) is 0.488. The predicted octanol–water partition coefficient (Wildman–Crippen LogP) is 3.70. The molecule has 0 aliphatic rings. The van der Waals surface area contributed by atoms with Gasteiger partial charge in [0.2, 0.25) is 11.6 Å². The number of aryl methyl sites for hydroxylation is 1. The molecule has 0 aliphatic carbocycles. The fraction of sp³-hybridized carbons (Fsp3) is 0.231. The lowest BCUT2D eigenvalue weighted by Crippen LogP contribution is -1.99. The fourth-order valence-corrected chi connectivity index (χ4v) is 1.98. The summed E-state index contributed by atoms with van der Waals surface area (Å²) in [5.41, 5.74) is 1.28. The molecule has 2 aromatic rings. The van der Waals surface area contributed by atoms with Gasteiger partial charge in [0.25, 0.3) is 0 Å². The Balaban J connectivity index is 2.45. The highest BCUT2D eigenvalue weighted by Gasteiger charge is 2.18. The van der Waals surface area contributed by atoms with E-state index in [2.05, 4.69) is 9.97 Å². The van der Waals surface area contributed by atoms with Crippen molar-refractivity contribution in [2.75, 3.05) is 0 Å². The van der Waals surface area contributed by atoms with Crippen molar-refractivity contribution < 1.29 is 9.66 Å². The molecule has 0 aliphatic heterocycles. The number of halogens is 1. The van der Waals surface area contributed by atoms with Crippen LogP contribution in [0.4, 0.5) is 5.69 Å². The highest BCUT2D eigenvalue weighted by Crippen LogP contribution is 2.33. The fourth-order valence-electron chi connectivity index (χ4n) is 1.72. The molecule has 104 valence electrons. The molecule has 0 bridgehead atoms. The summed E-state index contributed by atoms with van der Waals surface area (Å²) in [6, 6.07) is 4.73. The standard InChI is InChI=1S/C13H12ClN3O3/c1-3-9-12(14)15-7-16-13(9)20-11-5-4-8(2)6-10(11)17(18)19/h4-7H,3H2,1-2H3. The number of aromatic nitrogens is 2. The van der Waals surface area contributed by atoms with Crippen molar-refractivity contribution in [3.05, 3.63) is 50.9 Å². The third-order valence-electron chi connectivity index (χ3n) is 2.72. The summed E-state index contributed by atoms with van der Waals surface area (Å²) in [5, 5.41) is 11.3. The van der Waals surface area contributed by atoms with Gasteiger partial charge in [0.1, 0.15) is 11.5 Å². The lowest BCUT2D eigenvalue weighted by atomic mass is 10.2. The number of hydrogen-bond donors (Lipinski definition) is 0. The van der Waals surface area contributed by atoms with Crippen LogP contribution < -0.4 is 4.74 Å². The topological polar surface area (TPSA) is 78.2 Å². The Morgan fingerprint density at radius 2 is 2.15 bits per heavy atom. The zero-order chi connectivity index (χ0) is 14.7. The molecule has 6 nitrogen and oxygen atoms in total. The SMILES string of the molecule is CCc1c(Cl)ncnc1Oc1ccc(C)cc1[N+](=O)[O-]. The minimum atomic E-state index is -0.489. The third kappa shape index (κ3) is 2.85. The number of hydrogen-bond acceptors (Lipinski definition) is 5. The summed E-state index contributed by atoms with van der Waals surface area (Å²) in [5.74, 6) is 0.365. The van der Waals surface area contributed by atoms with E-state index in [1.807, 2.05) is 6.92 Å². The van der Waals surface area contributed by atoms with Crippen LogP contribution in [-0.2, 0) is 6.42 Å². The van der Waals surface area contributed by atoms with Crippen molar-refractivity contribution in [1.29, 1.82) is 0 Å². The lowest BCUT2D eigenvalue weighted by Gasteiger charge is -2.09. The first-order chi connectivity index (χ1) is 9.52. The Morgan fingerprint density at radius 1 is 1.40 bits per heavy atom. The second-order valence-corrected chi connectivity index (χ2v) is 4.49. The second-order valence-electron chi connectivity index (χ2n) is 4.13. The maximum absolute atomic E-state index is 11.1. The summed E-state index contributed by atoms with van der Waals surface area (Å²) in [4.78, 5) is 18.4. The molecule has 7 heteroatoms. The van der Waals surface area contributed by atoms with Gasteiger partial charge in [0.15, 0.2) is 0 Å². The highest BCUT2D eigenvalue weighted by molar-refractivity contribution is 6.30.